The summed E-state index contributed by atoms with van der Waals surface area (Å²) in [5.41, 5.74) is 0. The molecule has 0 aliphatic rings. The van der Waals surface area contributed by atoms with Gasteiger partial charge in [0.05, 0.1) is 0 Å². The molecule has 0 atom stereocenters. The van der Waals surface area contributed by atoms with Gasteiger partial charge in [-0.3, -0.25) is 9.44 Å². The Bertz CT molecular complexity index is 230. The highest BCUT2D eigenvalue weighted by Crippen LogP contribution is 1.84. The van der Waals surface area contributed by atoms with Crippen LogP contribution >= 0.6 is 0 Å². The molecular weight excluding hydrogens is 160 g/mol. The van der Waals surface area contributed by atoms with E-state index in [4.69, 9.17) is 4.55 Å². The maximum atomic E-state index is 9.73. The summed E-state index contributed by atoms with van der Waals surface area (Å²) in [5.74, 6) is 2.35. The normalized spacial score (nSPS) is 9.80. The van der Waals surface area contributed by atoms with Crippen molar-refractivity contribution in [3.05, 3.63) is 0 Å². The minimum atomic E-state index is -4.53. The van der Waals surface area contributed by atoms with E-state index in [1.54, 1.807) is 6.92 Å². The zero-order valence-electron chi connectivity index (χ0n) is 5.20. The number of rotatable bonds is 2. The van der Waals surface area contributed by atoms with Crippen LogP contribution in [-0.4, -0.2) is 13.0 Å². The van der Waals surface area contributed by atoms with Gasteiger partial charge in [0.1, 0.15) is 0 Å². The zero-order valence-corrected chi connectivity index (χ0v) is 6.01. The second-order valence-electron chi connectivity index (χ2n) is 1.21. The molecule has 0 rings (SSSR count). The molecule has 0 saturated heterocycles. The van der Waals surface area contributed by atoms with Crippen molar-refractivity contribution >= 4 is 10.4 Å². The van der Waals surface area contributed by atoms with Crippen LogP contribution in [-0.2, 0) is 19.6 Å². The first-order valence-corrected chi connectivity index (χ1v) is 3.73. The molecule has 10 heavy (non-hydrogen) atoms. The molecule has 0 aliphatic heterocycles. The van der Waals surface area contributed by atoms with Gasteiger partial charge in [-0.25, -0.2) is 0 Å². The fourth-order valence-electron chi connectivity index (χ4n) is 0.162. The van der Waals surface area contributed by atoms with Crippen molar-refractivity contribution in [1.82, 2.24) is 0 Å². The Kier molecular flexibility index (Phi) is 3.79. The summed E-state index contributed by atoms with van der Waals surface area (Å²) in [6.45, 7) is 1.74. The average molecular weight is 166 g/mol. The van der Waals surface area contributed by atoms with Crippen LogP contribution in [0.15, 0.2) is 0 Å². The molecule has 0 spiro atoms. The highest BCUT2D eigenvalue weighted by atomic mass is 32.3. The van der Waals surface area contributed by atoms with Gasteiger partial charge in [0.25, 0.3) is 0 Å². The summed E-state index contributed by atoms with van der Waals surface area (Å²) in [7, 11) is -4.53. The zero-order chi connectivity index (χ0) is 8.04. The molecule has 0 radical (unpaired) electrons. The van der Waals surface area contributed by atoms with Crippen LogP contribution in [0.25, 0.3) is 0 Å². The Morgan fingerprint density at radius 3 is 2.60 bits per heavy atom. The van der Waals surface area contributed by atoms with Crippen LogP contribution < -0.4 is 0 Å². The lowest BCUT2D eigenvalue weighted by Gasteiger charge is -1.88. The molecule has 0 heterocycles. The summed E-state index contributed by atoms with van der Waals surface area (Å²) in [4.78, 5) is 3.74. The first kappa shape index (κ1) is 9.23. The Labute approximate surface area is 58.8 Å². The van der Waals surface area contributed by atoms with Crippen molar-refractivity contribution in [3.8, 4) is 12.0 Å². The van der Waals surface area contributed by atoms with Crippen molar-refractivity contribution in [2.45, 2.75) is 13.3 Å². The third kappa shape index (κ3) is 7.23. The lowest BCUT2D eigenvalue weighted by molar-refractivity contribution is -0.135. The van der Waals surface area contributed by atoms with E-state index in [1.807, 2.05) is 6.11 Å². The maximum absolute atomic E-state index is 9.73. The quantitative estimate of drug-likeness (QED) is 0.273. The van der Waals surface area contributed by atoms with E-state index >= 15 is 0 Å². The Balaban J connectivity index is 3.58. The Hall–Kier alpha value is -0.770. The van der Waals surface area contributed by atoms with E-state index in [0.717, 1.165) is 0 Å². The molecule has 0 unspecified atom stereocenters. The van der Waals surface area contributed by atoms with Crippen molar-refractivity contribution in [2.24, 2.45) is 0 Å². The van der Waals surface area contributed by atoms with E-state index in [2.05, 4.69) is 15.1 Å². The smallest absolute Gasteiger partial charge is 0.264 e. The van der Waals surface area contributed by atoms with E-state index in [-0.39, 0.29) is 0 Å². The first-order chi connectivity index (χ1) is 4.56. The molecule has 0 aromatic rings. The second-order valence-corrected chi connectivity index (χ2v) is 2.20. The van der Waals surface area contributed by atoms with E-state index in [0.29, 0.717) is 6.42 Å². The van der Waals surface area contributed by atoms with Gasteiger partial charge in [-0.05, 0) is 4.33 Å². The largest absolute Gasteiger partial charge is 0.433 e. The van der Waals surface area contributed by atoms with Crippen LogP contribution in [0.5, 0.6) is 0 Å². The monoisotopic (exact) mass is 166 g/mol. The molecule has 5 nitrogen and oxygen atoms in total. The lowest BCUT2D eigenvalue weighted by Crippen LogP contribution is -2.01. The maximum Gasteiger partial charge on any atom is 0.433 e. The standard InChI is InChI=1S/C4H6O5S/c1-2-3-4-8-9-10(5,6)7/h2H2,1H3,(H,5,6,7). The van der Waals surface area contributed by atoms with Crippen LogP contribution in [0.1, 0.15) is 13.3 Å². The lowest BCUT2D eigenvalue weighted by atomic mass is 10.5. The molecule has 0 aliphatic carbocycles. The van der Waals surface area contributed by atoms with Gasteiger partial charge in [-0.1, -0.05) is 12.8 Å². The van der Waals surface area contributed by atoms with E-state index < -0.39 is 10.4 Å². The Morgan fingerprint density at radius 1 is 1.60 bits per heavy atom. The topological polar surface area (TPSA) is 72.8 Å². The van der Waals surface area contributed by atoms with Crippen molar-refractivity contribution in [2.75, 3.05) is 0 Å². The van der Waals surface area contributed by atoms with Gasteiger partial charge in [0.2, 0.25) is 0 Å². The summed E-state index contributed by atoms with van der Waals surface area (Å²) in [5, 5.41) is 0. The predicted molar refractivity (Wildman–Crippen MR) is 31.8 cm³/mol. The minimum Gasteiger partial charge on any atom is -0.264 e. The summed E-state index contributed by atoms with van der Waals surface area (Å²) in [6.07, 6.45) is 2.39. The van der Waals surface area contributed by atoms with Crippen molar-refractivity contribution in [1.29, 1.82) is 0 Å². The van der Waals surface area contributed by atoms with Crippen LogP contribution in [0.3, 0.4) is 0 Å². The fraction of sp³-hybridized carbons (Fsp3) is 0.500. The molecule has 0 saturated carbocycles. The third-order valence-electron chi connectivity index (χ3n) is 0.411. The summed E-state index contributed by atoms with van der Waals surface area (Å²) < 4.78 is 30.7. The van der Waals surface area contributed by atoms with Crippen LogP contribution in [0.2, 0.25) is 0 Å². The third-order valence-corrected chi connectivity index (χ3v) is 0.651. The number of hydrogen-bond donors (Lipinski definition) is 1. The van der Waals surface area contributed by atoms with Crippen molar-refractivity contribution < 1.29 is 22.2 Å². The van der Waals surface area contributed by atoms with Gasteiger partial charge in [-0.2, -0.15) is 8.42 Å². The molecule has 0 amide bonds. The molecule has 0 aromatic heterocycles. The molecule has 0 fully saturated rings. The van der Waals surface area contributed by atoms with Crippen LogP contribution in [0, 0.1) is 12.0 Å². The second kappa shape index (κ2) is 4.11. The summed E-state index contributed by atoms with van der Waals surface area (Å²) >= 11 is 0. The molecule has 0 aromatic carbocycles. The van der Waals surface area contributed by atoms with E-state index in [9.17, 15) is 8.42 Å². The number of hydrogen-bond acceptors (Lipinski definition) is 4. The van der Waals surface area contributed by atoms with Gasteiger partial charge >= 0.3 is 10.4 Å². The van der Waals surface area contributed by atoms with Gasteiger partial charge < -0.3 is 0 Å². The van der Waals surface area contributed by atoms with Gasteiger partial charge in [0, 0.05) is 6.42 Å². The molecule has 58 valence electrons. The summed E-state index contributed by atoms with van der Waals surface area (Å²) in [6, 6.07) is 0. The molecular formula is C4H6O5S. The van der Waals surface area contributed by atoms with Crippen molar-refractivity contribution in [3.63, 3.8) is 0 Å². The first-order valence-electron chi connectivity index (χ1n) is 2.36. The average Bonchev–Trinajstić information content (AvgIpc) is 1.78. The highest BCUT2D eigenvalue weighted by molar-refractivity contribution is 7.80. The van der Waals surface area contributed by atoms with Crippen LogP contribution in [0.4, 0.5) is 0 Å². The highest BCUT2D eigenvalue weighted by Gasteiger charge is 2.02. The van der Waals surface area contributed by atoms with E-state index in [1.165, 1.54) is 0 Å². The fourth-order valence-corrected chi connectivity index (χ4v) is 0.282. The SMILES string of the molecule is CCC#COOS(=O)(=O)O. The molecule has 6 heteroatoms. The van der Waals surface area contributed by atoms with Gasteiger partial charge in [0.15, 0.2) is 6.11 Å². The predicted octanol–water partition coefficient (Wildman–Crippen LogP) is 0.108. The Morgan fingerprint density at radius 2 is 2.20 bits per heavy atom. The molecule has 0 bridgehead atoms. The molecule has 1 N–H and O–H groups in total. The minimum absolute atomic E-state index is 0.509. The van der Waals surface area contributed by atoms with Gasteiger partial charge in [-0.15, -0.1) is 0 Å².